The lowest BCUT2D eigenvalue weighted by molar-refractivity contribution is 0.129. The molecule has 8 nitrogen and oxygen atoms in total. The highest BCUT2D eigenvalue weighted by atomic mass is 127. The molecule has 0 amide bonds. The zero-order chi connectivity index (χ0) is 22.0. The van der Waals surface area contributed by atoms with Crippen LogP contribution in [0.25, 0.3) is 0 Å². The van der Waals surface area contributed by atoms with Crippen molar-refractivity contribution in [3.05, 3.63) is 53.9 Å². The smallest absolute Gasteiger partial charge is 0.194 e. The number of nitrogens with zero attached hydrogens (tertiary/aromatic N) is 6. The molecule has 1 aromatic carbocycles. The summed E-state index contributed by atoms with van der Waals surface area (Å²) in [6, 6.07) is 12.7. The second-order valence-electron chi connectivity index (χ2n) is 8.59. The number of nitrogens with one attached hydrogen (secondary N) is 1. The van der Waals surface area contributed by atoms with E-state index in [0.29, 0.717) is 0 Å². The van der Waals surface area contributed by atoms with Gasteiger partial charge in [0.15, 0.2) is 5.96 Å². The summed E-state index contributed by atoms with van der Waals surface area (Å²) < 4.78 is 4.95. The lowest BCUT2D eigenvalue weighted by atomic mass is 10.2. The van der Waals surface area contributed by atoms with Crippen LogP contribution in [0.2, 0.25) is 0 Å². The third-order valence-corrected chi connectivity index (χ3v) is 6.28. The van der Waals surface area contributed by atoms with E-state index in [1.54, 1.807) is 6.26 Å². The Morgan fingerprint density at radius 3 is 2.24 bits per heavy atom. The molecule has 0 radical (unpaired) electrons. The Bertz CT molecular complexity index is 801. The zero-order valence-electron chi connectivity index (χ0n) is 19.7. The molecule has 3 heterocycles. The molecule has 182 valence electrons. The van der Waals surface area contributed by atoms with Crippen molar-refractivity contribution in [2.75, 3.05) is 72.0 Å². The van der Waals surface area contributed by atoms with Gasteiger partial charge in [-0.05, 0) is 12.5 Å². The Kier molecular flexibility index (Phi) is 10.9. The fourth-order valence-corrected chi connectivity index (χ4v) is 4.40. The van der Waals surface area contributed by atoms with Gasteiger partial charge in [0, 0.05) is 84.6 Å². The van der Waals surface area contributed by atoms with Crippen molar-refractivity contribution in [2.24, 2.45) is 4.99 Å². The first-order valence-corrected chi connectivity index (χ1v) is 11.9. The fraction of sp³-hybridized carbons (Fsp3) is 0.583. The summed E-state index contributed by atoms with van der Waals surface area (Å²) in [7, 11) is 0. The van der Waals surface area contributed by atoms with Gasteiger partial charge in [0.1, 0.15) is 6.26 Å². The maximum Gasteiger partial charge on any atom is 0.194 e. The van der Waals surface area contributed by atoms with Crippen molar-refractivity contribution < 1.29 is 4.52 Å². The van der Waals surface area contributed by atoms with E-state index in [9.17, 15) is 0 Å². The molecule has 1 aromatic heterocycles. The average molecular weight is 568 g/mol. The number of rotatable bonds is 8. The van der Waals surface area contributed by atoms with Crippen molar-refractivity contribution in [3.8, 4) is 0 Å². The molecule has 0 saturated carbocycles. The molecule has 0 atom stereocenters. The lowest BCUT2D eigenvalue weighted by Crippen LogP contribution is -2.52. The van der Waals surface area contributed by atoms with Crippen LogP contribution in [0, 0.1) is 0 Å². The average Bonchev–Trinajstić information content (AvgIpc) is 3.34. The van der Waals surface area contributed by atoms with Crippen LogP contribution in [0.1, 0.15) is 18.2 Å². The predicted molar refractivity (Wildman–Crippen MR) is 143 cm³/mol. The van der Waals surface area contributed by atoms with E-state index >= 15 is 0 Å². The van der Waals surface area contributed by atoms with E-state index in [1.807, 2.05) is 6.07 Å². The highest BCUT2D eigenvalue weighted by molar-refractivity contribution is 14.0. The molecule has 0 bridgehead atoms. The van der Waals surface area contributed by atoms with Gasteiger partial charge < -0.3 is 14.7 Å². The summed E-state index contributed by atoms with van der Waals surface area (Å²) in [5.41, 5.74) is 2.41. The number of piperazine rings is 2. The monoisotopic (exact) mass is 567 g/mol. The van der Waals surface area contributed by atoms with Gasteiger partial charge in [0.05, 0.1) is 12.2 Å². The Labute approximate surface area is 215 Å². The number of benzene rings is 1. The van der Waals surface area contributed by atoms with Gasteiger partial charge in [-0.2, -0.15) is 0 Å². The summed E-state index contributed by atoms with van der Waals surface area (Å²) in [4.78, 5) is 14.9. The largest absolute Gasteiger partial charge is 0.364 e. The van der Waals surface area contributed by atoms with E-state index in [4.69, 9.17) is 9.52 Å². The highest BCUT2D eigenvalue weighted by Crippen LogP contribution is 2.09. The second kappa shape index (κ2) is 13.9. The molecule has 2 aliphatic heterocycles. The van der Waals surface area contributed by atoms with E-state index in [-0.39, 0.29) is 24.0 Å². The third-order valence-electron chi connectivity index (χ3n) is 6.28. The summed E-state index contributed by atoms with van der Waals surface area (Å²) in [5.74, 6) is 1.05. The molecule has 2 aromatic rings. The van der Waals surface area contributed by atoms with E-state index in [2.05, 4.69) is 67.3 Å². The van der Waals surface area contributed by atoms with Crippen molar-refractivity contribution in [1.82, 2.24) is 30.1 Å². The van der Waals surface area contributed by atoms with Crippen LogP contribution in [0.15, 0.2) is 52.2 Å². The highest BCUT2D eigenvalue weighted by Gasteiger charge is 2.21. The first kappa shape index (κ1) is 25.9. The van der Waals surface area contributed by atoms with Crippen LogP contribution in [-0.2, 0) is 13.1 Å². The van der Waals surface area contributed by atoms with Crippen molar-refractivity contribution in [1.29, 1.82) is 0 Å². The molecule has 1 N–H and O–H groups in total. The van der Waals surface area contributed by atoms with E-state index in [0.717, 1.165) is 96.7 Å². The SMILES string of the molecule is CCNC(=NCCN1CCN(Cc2ccccc2)CC1)N1CCN(Cc2ccon2)CC1.I. The minimum absolute atomic E-state index is 0. The molecule has 2 aliphatic rings. The Balaban J connectivity index is 0.00000306. The number of aliphatic imine (C=N–C) groups is 1. The normalized spacial score (nSPS) is 18.8. The first-order valence-electron chi connectivity index (χ1n) is 11.9. The van der Waals surface area contributed by atoms with Crippen molar-refractivity contribution in [2.45, 2.75) is 20.0 Å². The van der Waals surface area contributed by atoms with E-state index < -0.39 is 0 Å². The number of guanidine groups is 1. The summed E-state index contributed by atoms with van der Waals surface area (Å²) in [6.07, 6.45) is 1.64. The van der Waals surface area contributed by atoms with Gasteiger partial charge in [-0.25, -0.2) is 0 Å². The minimum Gasteiger partial charge on any atom is -0.364 e. The van der Waals surface area contributed by atoms with Gasteiger partial charge in [-0.15, -0.1) is 24.0 Å². The lowest BCUT2D eigenvalue weighted by Gasteiger charge is -2.36. The molecule has 0 spiro atoms. The maximum absolute atomic E-state index is 4.95. The summed E-state index contributed by atoms with van der Waals surface area (Å²) >= 11 is 0. The quantitative estimate of drug-likeness (QED) is 0.298. The van der Waals surface area contributed by atoms with Crippen LogP contribution in [-0.4, -0.2) is 103 Å². The molecular formula is C24H38IN7O. The Morgan fingerprint density at radius 1 is 0.909 bits per heavy atom. The van der Waals surface area contributed by atoms with Gasteiger partial charge in [0.2, 0.25) is 0 Å². The first-order chi connectivity index (χ1) is 15.8. The van der Waals surface area contributed by atoms with Gasteiger partial charge in [-0.3, -0.25) is 19.7 Å². The number of hydrogen-bond acceptors (Lipinski definition) is 6. The standard InChI is InChI=1S/C24H37N7O.HI/c1-2-25-24(31-17-15-30(16-18-31)21-23-8-19-32-27-23)26-9-10-28-11-13-29(14-12-28)20-22-6-4-3-5-7-22;/h3-8,19H,2,9-18,20-21H2,1H3,(H,25,26);1H. The molecule has 4 rings (SSSR count). The zero-order valence-corrected chi connectivity index (χ0v) is 22.1. The van der Waals surface area contributed by atoms with Gasteiger partial charge in [-0.1, -0.05) is 35.5 Å². The summed E-state index contributed by atoms with van der Waals surface area (Å²) in [6.45, 7) is 15.3. The number of hydrogen-bond donors (Lipinski definition) is 1. The fourth-order valence-electron chi connectivity index (χ4n) is 4.40. The van der Waals surface area contributed by atoms with Crippen molar-refractivity contribution >= 4 is 29.9 Å². The second-order valence-corrected chi connectivity index (χ2v) is 8.59. The molecular weight excluding hydrogens is 529 g/mol. The number of halogens is 1. The molecule has 0 unspecified atom stereocenters. The molecule has 33 heavy (non-hydrogen) atoms. The topological polar surface area (TPSA) is 63.4 Å². The Morgan fingerprint density at radius 2 is 1.58 bits per heavy atom. The molecule has 2 saturated heterocycles. The third kappa shape index (κ3) is 8.24. The molecule has 0 aliphatic carbocycles. The van der Waals surface area contributed by atoms with Crippen LogP contribution >= 0.6 is 24.0 Å². The van der Waals surface area contributed by atoms with Gasteiger partial charge >= 0.3 is 0 Å². The maximum atomic E-state index is 4.95. The van der Waals surface area contributed by atoms with Crippen LogP contribution < -0.4 is 5.32 Å². The predicted octanol–water partition coefficient (Wildman–Crippen LogP) is 2.19. The minimum atomic E-state index is 0. The van der Waals surface area contributed by atoms with Gasteiger partial charge in [0.25, 0.3) is 0 Å². The Hall–Kier alpha value is -1.69. The summed E-state index contributed by atoms with van der Waals surface area (Å²) in [5, 5.41) is 7.52. The van der Waals surface area contributed by atoms with Crippen molar-refractivity contribution in [3.63, 3.8) is 0 Å². The van der Waals surface area contributed by atoms with Crippen LogP contribution in [0.5, 0.6) is 0 Å². The molecule has 2 fully saturated rings. The van der Waals surface area contributed by atoms with E-state index in [1.165, 1.54) is 5.56 Å². The number of aromatic nitrogens is 1. The molecule has 9 heteroatoms. The van der Waals surface area contributed by atoms with Crippen LogP contribution in [0.3, 0.4) is 0 Å². The van der Waals surface area contributed by atoms with Crippen LogP contribution in [0.4, 0.5) is 0 Å².